The maximum atomic E-state index is 12.6. The van der Waals surface area contributed by atoms with Gasteiger partial charge in [-0.15, -0.1) is 0 Å². The van der Waals surface area contributed by atoms with Crippen molar-refractivity contribution in [2.45, 2.75) is 39.7 Å². The molecule has 5 heteroatoms. The lowest BCUT2D eigenvalue weighted by atomic mass is 10.0. The summed E-state index contributed by atoms with van der Waals surface area (Å²) in [6.07, 6.45) is 0.323. The van der Waals surface area contributed by atoms with Crippen LogP contribution in [0.4, 0.5) is 5.69 Å². The van der Waals surface area contributed by atoms with Crippen LogP contribution in [0.5, 0.6) is 0 Å². The highest BCUT2D eigenvalue weighted by Crippen LogP contribution is 2.29. The standard InChI is InChI=1S/C15H19BrN2O2/c1-9-7-11(8-10(2)13(9)16)18-6-5-12(19)17-15(3,4)14(18)20/h7-8H,5-6H2,1-4H3,(H,17,19). The lowest BCUT2D eigenvalue weighted by Gasteiger charge is -2.29. The number of rotatable bonds is 1. The summed E-state index contributed by atoms with van der Waals surface area (Å²) in [5.41, 5.74) is 2.13. The van der Waals surface area contributed by atoms with Gasteiger partial charge in [-0.05, 0) is 51.0 Å². The molecule has 1 N–H and O–H groups in total. The van der Waals surface area contributed by atoms with E-state index in [1.54, 1.807) is 18.7 Å². The molecule has 2 rings (SSSR count). The Hall–Kier alpha value is -1.36. The van der Waals surface area contributed by atoms with Gasteiger partial charge in [-0.1, -0.05) is 15.9 Å². The quantitative estimate of drug-likeness (QED) is 0.855. The van der Waals surface area contributed by atoms with Gasteiger partial charge in [-0.3, -0.25) is 9.59 Å². The monoisotopic (exact) mass is 338 g/mol. The Balaban J connectivity index is 2.45. The van der Waals surface area contributed by atoms with Crippen LogP contribution in [0.2, 0.25) is 0 Å². The summed E-state index contributed by atoms with van der Waals surface area (Å²) in [5.74, 6) is -0.166. The summed E-state index contributed by atoms with van der Waals surface area (Å²) < 4.78 is 1.05. The van der Waals surface area contributed by atoms with Crippen LogP contribution in [-0.4, -0.2) is 23.9 Å². The summed E-state index contributed by atoms with van der Waals surface area (Å²) >= 11 is 3.53. The van der Waals surface area contributed by atoms with Crippen molar-refractivity contribution in [2.75, 3.05) is 11.4 Å². The zero-order valence-electron chi connectivity index (χ0n) is 12.2. The van der Waals surface area contributed by atoms with Gasteiger partial charge in [0.25, 0.3) is 5.91 Å². The minimum absolute atomic E-state index is 0.0792. The van der Waals surface area contributed by atoms with Crippen molar-refractivity contribution in [3.8, 4) is 0 Å². The van der Waals surface area contributed by atoms with Crippen molar-refractivity contribution in [3.05, 3.63) is 27.7 Å². The van der Waals surface area contributed by atoms with Crippen LogP contribution in [0.15, 0.2) is 16.6 Å². The average Bonchev–Trinajstić information content (AvgIpc) is 2.44. The van der Waals surface area contributed by atoms with Gasteiger partial charge in [0.15, 0.2) is 0 Å². The Morgan fingerprint density at radius 3 is 2.30 bits per heavy atom. The molecule has 0 aromatic heterocycles. The van der Waals surface area contributed by atoms with E-state index in [4.69, 9.17) is 0 Å². The molecule has 4 nitrogen and oxygen atoms in total. The van der Waals surface area contributed by atoms with Crippen LogP contribution in [0.1, 0.15) is 31.4 Å². The van der Waals surface area contributed by atoms with Gasteiger partial charge in [-0.25, -0.2) is 0 Å². The molecular weight excluding hydrogens is 320 g/mol. The number of amides is 2. The molecule has 0 aliphatic carbocycles. The molecular formula is C15H19BrN2O2. The van der Waals surface area contributed by atoms with E-state index >= 15 is 0 Å². The molecule has 1 aromatic carbocycles. The van der Waals surface area contributed by atoms with E-state index in [1.165, 1.54) is 0 Å². The molecule has 108 valence electrons. The van der Waals surface area contributed by atoms with Gasteiger partial charge in [-0.2, -0.15) is 0 Å². The molecule has 1 heterocycles. The maximum Gasteiger partial charge on any atom is 0.252 e. The summed E-state index contributed by atoms with van der Waals surface area (Å²) in [6, 6.07) is 3.95. The number of aryl methyl sites for hydroxylation is 2. The van der Waals surface area contributed by atoms with Crippen molar-refractivity contribution in [3.63, 3.8) is 0 Å². The van der Waals surface area contributed by atoms with Crippen LogP contribution < -0.4 is 10.2 Å². The molecule has 20 heavy (non-hydrogen) atoms. The summed E-state index contributed by atoms with van der Waals surface area (Å²) in [6.45, 7) is 7.89. The number of anilines is 1. The topological polar surface area (TPSA) is 49.4 Å². The molecule has 0 spiro atoms. The number of nitrogens with zero attached hydrogens (tertiary/aromatic N) is 1. The first-order valence-electron chi connectivity index (χ1n) is 6.62. The van der Waals surface area contributed by atoms with Gasteiger partial charge >= 0.3 is 0 Å². The Morgan fingerprint density at radius 2 is 1.75 bits per heavy atom. The summed E-state index contributed by atoms with van der Waals surface area (Å²) in [7, 11) is 0. The summed E-state index contributed by atoms with van der Waals surface area (Å²) in [5, 5.41) is 2.77. The highest BCUT2D eigenvalue weighted by molar-refractivity contribution is 9.10. The predicted octanol–water partition coefficient (Wildman–Crippen LogP) is 2.70. The normalized spacial score (nSPS) is 18.8. The van der Waals surface area contributed by atoms with E-state index in [-0.39, 0.29) is 11.8 Å². The molecule has 2 amide bonds. The number of carbonyl (C=O) groups excluding carboxylic acids is 2. The van der Waals surface area contributed by atoms with Crippen molar-refractivity contribution in [1.82, 2.24) is 5.32 Å². The number of hydrogen-bond donors (Lipinski definition) is 1. The molecule has 1 fully saturated rings. The highest BCUT2D eigenvalue weighted by atomic mass is 79.9. The van der Waals surface area contributed by atoms with Crippen LogP contribution in [0.25, 0.3) is 0 Å². The number of halogens is 1. The van der Waals surface area contributed by atoms with Crippen molar-refractivity contribution >= 4 is 33.4 Å². The molecule has 1 aromatic rings. The third kappa shape index (κ3) is 2.73. The first kappa shape index (κ1) is 15.0. The Morgan fingerprint density at radius 1 is 1.20 bits per heavy atom. The SMILES string of the molecule is Cc1cc(N2CCC(=O)NC(C)(C)C2=O)cc(C)c1Br. The Bertz CT molecular complexity index is 558. The number of carbonyl (C=O) groups is 2. The van der Waals surface area contributed by atoms with E-state index < -0.39 is 5.54 Å². The van der Waals surface area contributed by atoms with Crippen LogP contribution >= 0.6 is 15.9 Å². The second-order valence-corrected chi connectivity index (χ2v) is 6.57. The number of nitrogens with one attached hydrogen (secondary N) is 1. The smallest absolute Gasteiger partial charge is 0.252 e. The zero-order chi connectivity index (χ0) is 15.1. The first-order valence-corrected chi connectivity index (χ1v) is 7.41. The number of hydrogen-bond acceptors (Lipinski definition) is 2. The van der Waals surface area contributed by atoms with Gasteiger partial charge in [0.1, 0.15) is 5.54 Å². The fraction of sp³-hybridized carbons (Fsp3) is 0.467. The molecule has 1 aliphatic heterocycles. The lowest BCUT2D eigenvalue weighted by molar-refractivity contribution is -0.128. The number of benzene rings is 1. The molecule has 1 aliphatic rings. The third-order valence-corrected chi connectivity index (χ3v) is 4.78. The van der Waals surface area contributed by atoms with E-state index in [2.05, 4.69) is 21.2 Å². The molecule has 0 radical (unpaired) electrons. The highest BCUT2D eigenvalue weighted by Gasteiger charge is 2.37. The minimum atomic E-state index is -0.873. The van der Waals surface area contributed by atoms with Crippen molar-refractivity contribution in [2.24, 2.45) is 0 Å². The van der Waals surface area contributed by atoms with Crippen molar-refractivity contribution in [1.29, 1.82) is 0 Å². The molecule has 0 atom stereocenters. The second kappa shape index (κ2) is 5.20. The van der Waals surface area contributed by atoms with Gasteiger partial charge in [0, 0.05) is 23.1 Å². The Kier molecular flexibility index (Phi) is 3.91. The van der Waals surface area contributed by atoms with Crippen LogP contribution in [0.3, 0.4) is 0 Å². The van der Waals surface area contributed by atoms with E-state index in [0.29, 0.717) is 13.0 Å². The van der Waals surface area contributed by atoms with Crippen molar-refractivity contribution < 1.29 is 9.59 Å². The zero-order valence-corrected chi connectivity index (χ0v) is 13.8. The van der Waals surface area contributed by atoms with Gasteiger partial charge in [0.05, 0.1) is 0 Å². The fourth-order valence-corrected chi connectivity index (χ4v) is 2.67. The predicted molar refractivity (Wildman–Crippen MR) is 82.8 cm³/mol. The van der Waals surface area contributed by atoms with Gasteiger partial charge in [0.2, 0.25) is 5.91 Å². The summed E-state index contributed by atoms with van der Waals surface area (Å²) in [4.78, 5) is 26.0. The fourth-order valence-electron chi connectivity index (χ4n) is 2.44. The van der Waals surface area contributed by atoms with Gasteiger partial charge < -0.3 is 10.2 Å². The third-order valence-electron chi connectivity index (χ3n) is 3.53. The molecule has 1 saturated heterocycles. The minimum Gasteiger partial charge on any atom is -0.342 e. The molecule has 0 saturated carbocycles. The lowest BCUT2D eigenvalue weighted by Crippen LogP contribution is -2.53. The second-order valence-electron chi connectivity index (χ2n) is 5.77. The van der Waals surface area contributed by atoms with E-state index in [1.807, 2.05) is 26.0 Å². The Labute approximate surface area is 127 Å². The van der Waals surface area contributed by atoms with E-state index in [9.17, 15) is 9.59 Å². The van der Waals surface area contributed by atoms with Crippen LogP contribution in [-0.2, 0) is 9.59 Å². The van der Waals surface area contributed by atoms with Crippen LogP contribution in [0, 0.1) is 13.8 Å². The maximum absolute atomic E-state index is 12.6. The molecule has 0 bridgehead atoms. The average molecular weight is 339 g/mol. The molecule has 0 unspecified atom stereocenters. The van der Waals surface area contributed by atoms with E-state index in [0.717, 1.165) is 21.3 Å². The largest absolute Gasteiger partial charge is 0.342 e. The first-order chi connectivity index (χ1) is 9.22.